The Kier molecular flexibility index (Phi) is 7.29. The van der Waals surface area contributed by atoms with Gasteiger partial charge >= 0.3 is 0 Å². The molecular formula is C20H19Cl2N3O2S2. The maximum Gasteiger partial charge on any atom is 0.261 e. The molecule has 0 bridgehead atoms. The SMILES string of the molecule is CCCCc1ccc2nc(NC(=S)NC(=O)c3cc(Cl)cc(Cl)c3OC)sc2c1. The fourth-order valence-electron chi connectivity index (χ4n) is 2.79. The molecule has 0 saturated carbocycles. The number of ether oxygens (including phenoxy) is 1. The standard InChI is InChI=1S/C20H19Cl2N3O2S2/c1-3-4-5-11-6-7-15-16(8-11)29-20(23-15)25-19(28)24-18(26)13-9-12(21)10-14(22)17(13)27-2/h6-10H,3-5H2,1-2H3,(H2,23,24,25,26,28). The van der Waals surface area contributed by atoms with Crippen LogP contribution >= 0.6 is 46.8 Å². The Morgan fingerprint density at radius 1 is 1.28 bits per heavy atom. The monoisotopic (exact) mass is 467 g/mol. The smallest absolute Gasteiger partial charge is 0.261 e. The second-order valence-electron chi connectivity index (χ2n) is 6.30. The number of hydrogen-bond donors (Lipinski definition) is 2. The lowest BCUT2D eigenvalue weighted by molar-refractivity contribution is 0.0975. The van der Waals surface area contributed by atoms with Crippen molar-refractivity contribution < 1.29 is 9.53 Å². The van der Waals surface area contributed by atoms with E-state index in [4.69, 9.17) is 40.2 Å². The van der Waals surface area contributed by atoms with Gasteiger partial charge in [0, 0.05) is 5.02 Å². The molecule has 0 radical (unpaired) electrons. The van der Waals surface area contributed by atoms with E-state index in [0.717, 1.165) is 29.5 Å². The third-order valence-corrected chi connectivity index (χ3v) is 5.81. The van der Waals surface area contributed by atoms with Gasteiger partial charge < -0.3 is 10.1 Å². The predicted molar refractivity (Wildman–Crippen MR) is 125 cm³/mol. The molecule has 3 rings (SSSR count). The maximum atomic E-state index is 12.6. The van der Waals surface area contributed by atoms with Crippen molar-refractivity contribution in [1.82, 2.24) is 10.3 Å². The van der Waals surface area contributed by atoms with Crippen molar-refractivity contribution in [2.45, 2.75) is 26.2 Å². The second kappa shape index (κ2) is 9.71. The molecular weight excluding hydrogens is 449 g/mol. The Balaban J connectivity index is 1.71. The van der Waals surface area contributed by atoms with Gasteiger partial charge in [-0.1, -0.05) is 53.9 Å². The molecule has 3 aromatic rings. The number of carbonyl (C=O) groups is 1. The van der Waals surface area contributed by atoms with E-state index in [1.54, 1.807) is 0 Å². The molecule has 2 aromatic carbocycles. The minimum Gasteiger partial charge on any atom is -0.494 e. The molecule has 0 atom stereocenters. The molecule has 0 aliphatic rings. The van der Waals surface area contributed by atoms with Gasteiger partial charge in [-0.3, -0.25) is 10.1 Å². The summed E-state index contributed by atoms with van der Waals surface area (Å²) in [5.41, 5.74) is 2.37. The zero-order chi connectivity index (χ0) is 21.0. The number of nitrogens with one attached hydrogen (secondary N) is 2. The summed E-state index contributed by atoms with van der Waals surface area (Å²) in [5, 5.41) is 6.87. The Hall–Kier alpha value is -1.93. The van der Waals surface area contributed by atoms with Crippen molar-refractivity contribution in [3.05, 3.63) is 51.5 Å². The molecule has 9 heteroatoms. The Morgan fingerprint density at radius 3 is 2.79 bits per heavy atom. The van der Waals surface area contributed by atoms with E-state index < -0.39 is 5.91 Å². The van der Waals surface area contributed by atoms with Crippen molar-refractivity contribution >= 4 is 73.1 Å². The van der Waals surface area contributed by atoms with Gasteiger partial charge in [-0.05, 0) is 54.9 Å². The molecule has 0 unspecified atom stereocenters. The van der Waals surface area contributed by atoms with Gasteiger partial charge in [0.1, 0.15) is 5.75 Å². The highest BCUT2D eigenvalue weighted by atomic mass is 35.5. The van der Waals surface area contributed by atoms with Crippen LogP contribution in [0.5, 0.6) is 5.75 Å². The predicted octanol–water partition coefficient (Wildman–Crippen LogP) is 6.08. The van der Waals surface area contributed by atoms with Gasteiger partial charge in [-0.15, -0.1) is 0 Å². The van der Waals surface area contributed by atoms with Crippen LogP contribution in [0, 0.1) is 0 Å². The van der Waals surface area contributed by atoms with E-state index >= 15 is 0 Å². The highest BCUT2D eigenvalue weighted by Crippen LogP contribution is 2.32. The molecule has 1 amide bonds. The number of hydrogen-bond acceptors (Lipinski definition) is 5. The first kappa shape index (κ1) is 21.8. The van der Waals surface area contributed by atoms with Crippen LogP contribution in [0.3, 0.4) is 0 Å². The lowest BCUT2D eigenvalue weighted by atomic mass is 10.1. The highest BCUT2D eigenvalue weighted by molar-refractivity contribution is 7.80. The summed E-state index contributed by atoms with van der Waals surface area (Å²) >= 11 is 18.8. The minimum atomic E-state index is -0.480. The zero-order valence-electron chi connectivity index (χ0n) is 15.8. The average Bonchev–Trinajstić information content (AvgIpc) is 3.06. The molecule has 0 fully saturated rings. The van der Waals surface area contributed by atoms with Crippen LogP contribution in [-0.2, 0) is 6.42 Å². The first-order chi connectivity index (χ1) is 13.9. The number of benzene rings is 2. The van der Waals surface area contributed by atoms with Crippen LogP contribution in [-0.4, -0.2) is 23.1 Å². The van der Waals surface area contributed by atoms with Crippen LogP contribution in [0.4, 0.5) is 5.13 Å². The van der Waals surface area contributed by atoms with Crippen molar-refractivity contribution in [2.75, 3.05) is 12.4 Å². The first-order valence-corrected chi connectivity index (χ1v) is 10.9. The number of thiocarbonyl (C=S) groups is 1. The van der Waals surface area contributed by atoms with Crippen molar-refractivity contribution in [1.29, 1.82) is 0 Å². The van der Waals surface area contributed by atoms with Gasteiger partial charge in [-0.25, -0.2) is 4.98 Å². The number of anilines is 1. The molecule has 5 nitrogen and oxygen atoms in total. The number of amides is 1. The van der Waals surface area contributed by atoms with Crippen molar-refractivity contribution in [3.63, 3.8) is 0 Å². The van der Waals surface area contributed by atoms with Crippen molar-refractivity contribution in [3.8, 4) is 5.75 Å². The van der Waals surface area contributed by atoms with Crippen LogP contribution in [0.25, 0.3) is 10.2 Å². The Labute approximate surface area is 188 Å². The number of thiazole rings is 1. The summed E-state index contributed by atoms with van der Waals surface area (Å²) in [7, 11) is 1.43. The molecule has 1 aromatic heterocycles. The van der Waals surface area contributed by atoms with E-state index in [9.17, 15) is 4.79 Å². The van der Waals surface area contributed by atoms with E-state index in [-0.39, 0.29) is 21.4 Å². The topological polar surface area (TPSA) is 63.2 Å². The minimum absolute atomic E-state index is 0.124. The summed E-state index contributed by atoms with van der Waals surface area (Å²) in [4.78, 5) is 17.1. The summed E-state index contributed by atoms with van der Waals surface area (Å²) in [6, 6.07) is 9.22. The molecule has 152 valence electrons. The van der Waals surface area contributed by atoms with Gasteiger partial charge in [0.05, 0.1) is 27.9 Å². The van der Waals surface area contributed by atoms with Crippen molar-refractivity contribution in [2.24, 2.45) is 0 Å². The molecule has 0 spiro atoms. The molecule has 0 aliphatic carbocycles. The fraction of sp³-hybridized carbons (Fsp3) is 0.250. The van der Waals surface area contributed by atoms with Gasteiger partial charge in [0.2, 0.25) is 0 Å². The van der Waals surface area contributed by atoms with E-state index in [0.29, 0.717) is 10.2 Å². The normalized spacial score (nSPS) is 10.8. The average molecular weight is 468 g/mol. The number of rotatable bonds is 6. The molecule has 0 saturated heterocycles. The third-order valence-electron chi connectivity index (χ3n) is 4.18. The number of methoxy groups -OCH3 is 1. The van der Waals surface area contributed by atoms with E-state index in [2.05, 4.69) is 34.7 Å². The number of carbonyl (C=O) groups excluding carboxylic acids is 1. The van der Waals surface area contributed by atoms with E-state index in [1.807, 2.05) is 6.07 Å². The number of nitrogens with zero attached hydrogens (tertiary/aromatic N) is 1. The van der Waals surface area contributed by atoms with E-state index in [1.165, 1.54) is 36.1 Å². The highest BCUT2D eigenvalue weighted by Gasteiger charge is 2.18. The molecule has 0 aliphatic heterocycles. The summed E-state index contributed by atoms with van der Waals surface area (Å²) in [6.45, 7) is 2.18. The number of aromatic nitrogens is 1. The molecule has 29 heavy (non-hydrogen) atoms. The van der Waals surface area contributed by atoms with Crippen LogP contribution in [0.2, 0.25) is 10.0 Å². The Morgan fingerprint density at radius 2 is 2.07 bits per heavy atom. The maximum absolute atomic E-state index is 12.6. The number of fused-ring (bicyclic) bond motifs is 1. The molecule has 1 heterocycles. The second-order valence-corrected chi connectivity index (χ2v) is 8.58. The van der Waals surface area contributed by atoms with Crippen LogP contribution < -0.4 is 15.4 Å². The van der Waals surface area contributed by atoms with Gasteiger partial charge in [0.15, 0.2) is 10.2 Å². The lowest BCUT2D eigenvalue weighted by Crippen LogP contribution is -2.34. The summed E-state index contributed by atoms with van der Waals surface area (Å²) in [5.74, 6) is -0.248. The number of halogens is 2. The first-order valence-electron chi connectivity index (χ1n) is 8.96. The van der Waals surface area contributed by atoms with Gasteiger partial charge in [0.25, 0.3) is 5.91 Å². The number of unbranched alkanes of at least 4 members (excludes halogenated alkanes) is 1. The number of aryl methyl sites for hydroxylation is 1. The summed E-state index contributed by atoms with van der Waals surface area (Å²) in [6.07, 6.45) is 3.36. The zero-order valence-corrected chi connectivity index (χ0v) is 19.0. The van der Waals surface area contributed by atoms with Crippen LogP contribution in [0.1, 0.15) is 35.7 Å². The van der Waals surface area contributed by atoms with Crippen LogP contribution in [0.15, 0.2) is 30.3 Å². The third kappa shape index (κ3) is 5.36. The Bertz CT molecular complexity index is 1070. The quantitative estimate of drug-likeness (QED) is 0.429. The summed E-state index contributed by atoms with van der Waals surface area (Å²) < 4.78 is 6.27. The molecule has 2 N–H and O–H groups in total. The largest absolute Gasteiger partial charge is 0.494 e. The van der Waals surface area contributed by atoms with Gasteiger partial charge in [-0.2, -0.15) is 0 Å². The lowest BCUT2D eigenvalue weighted by Gasteiger charge is -2.12. The fourth-order valence-corrected chi connectivity index (χ4v) is 4.55.